The van der Waals surface area contributed by atoms with Crippen molar-refractivity contribution in [2.75, 3.05) is 13.1 Å². The van der Waals surface area contributed by atoms with E-state index in [4.69, 9.17) is 14.6 Å². The molecule has 2 atom stereocenters. The van der Waals surface area contributed by atoms with E-state index in [1.165, 1.54) is 4.90 Å². The van der Waals surface area contributed by atoms with Crippen molar-refractivity contribution in [2.24, 2.45) is 0 Å². The summed E-state index contributed by atoms with van der Waals surface area (Å²) in [7, 11) is 0. The predicted molar refractivity (Wildman–Crippen MR) is 86.3 cm³/mol. The Labute approximate surface area is 140 Å². The molecular weight excluding hydrogens is 314 g/mol. The van der Waals surface area contributed by atoms with Crippen LogP contribution in [0.4, 0.5) is 9.59 Å². The second kappa shape index (κ2) is 7.09. The number of carbonyl (C=O) groups is 2. The maximum atomic E-state index is 11.6. The summed E-state index contributed by atoms with van der Waals surface area (Å²) in [5, 5.41) is 19.1. The maximum Gasteiger partial charge on any atom is 0.514 e. The first-order chi connectivity index (χ1) is 11.2. The Bertz CT molecular complexity index is 592. The van der Waals surface area contributed by atoms with Crippen molar-refractivity contribution in [1.82, 2.24) is 4.90 Å². The van der Waals surface area contributed by atoms with E-state index in [0.717, 1.165) is 5.56 Å². The fourth-order valence-corrected chi connectivity index (χ4v) is 2.64. The van der Waals surface area contributed by atoms with Gasteiger partial charge in [0.2, 0.25) is 0 Å². The number of piperidine rings is 1. The number of aliphatic hydroxyl groups excluding tert-OH is 1. The van der Waals surface area contributed by atoms with Gasteiger partial charge in [-0.1, -0.05) is 12.1 Å². The molecule has 1 aromatic rings. The first kappa shape index (κ1) is 18.1. The van der Waals surface area contributed by atoms with Gasteiger partial charge in [0, 0.05) is 12.5 Å². The van der Waals surface area contributed by atoms with Crippen LogP contribution in [0.25, 0.3) is 0 Å². The molecule has 1 amide bonds. The zero-order chi connectivity index (χ0) is 17.9. The highest BCUT2D eigenvalue weighted by atomic mass is 16.7. The minimum absolute atomic E-state index is 0.0934. The average Bonchev–Trinajstić information content (AvgIpc) is 2.46. The van der Waals surface area contributed by atoms with Gasteiger partial charge >= 0.3 is 12.2 Å². The summed E-state index contributed by atoms with van der Waals surface area (Å²) in [4.78, 5) is 23.8. The first-order valence-electron chi connectivity index (χ1n) is 7.82. The van der Waals surface area contributed by atoms with Crippen LogP contribution in [0.2, 0.25) is 0 Å². The number of likely N-dealkylation sites (tertiary alicyclic amines) is 1. The van der Waals surface area contributed by atoms with Gasteiger partial charge < -0.3 is 24.6 Å². The zero-order valence-electron chi connectivity index (χ0n) is 14.1. The van der Waals surface area contributed by atoms with Crippen molar-refractivity contribution >= 4 is 12.2 Å². The molecule has 1 saturated heterocycles. The highest BCUT2D eigenvalue weighted by molar-refractivity contribution is 5.65. The van der Waals surface area contributed by atoms with Crippen LogP contribution < -0.4 is 4.74 Å². The number of carboxylic acid groups (broad SMARTS) is 1. The van der Waals surface area contributed by atoms with E-state index in [-0.39, 0.29) is 12.5 Å². The molecule has 7 heteroatoms. The average molecular weight is 337 g/mol. The third kappa shape index (κ3) is 4.86. The van der Waals surface area contributed by atoms with E-state index in [1.807, 2.05) is 0 Å². The molecule has 1 heterocycles. The summed E-state index contributed by atoms with van der Waals surface area (Å²) in [5.41, 5.74) is 0.253. The second-order valence-corrected chi connectivity index (χ2v) is 6.83. The summed E-state index contributed by atoms with van der Waals surface area (Å²) in [6.07, 6.45) is -2.01. The number of benzene rings is 1. The quantitative estimate of drug-likeness (QED) is 0.636. The fraction of sp³-hybridized carbons (Fsp3) is 0.529. The molecule has 0 aliphatic carbocycles. The Morgan fingerprint density at radius 2 is 1.83 bits per heavy atom. The largest absolute Gasteiger partial charge is 0.514 e. The molecule has 24 heavy (non-hydrogen) atoms. The van der Waals surface area contributed by atoms with Crippen molar-refractivity contribution in [3.8, 4) is 5.75 Å². The molecule has 0 saturated carbocycles. The van der Waals surface area contributed by atoms with Crippen molar-refractivity contribution in [1.29, 1.82) is 0 Å². The molecule has 2 N–H and O–H groups in total. The third-order valence-corrected chi connectivity index (χ3v) is 3.75. The monoisotopic (exact) mass is 337 g/mol. The normalized spacial score (nSPS) is 21.2. The molecule has 1 aliphatic rings. The number of amides is 1. The minimum Gasteiger partial charge on any atom is -0.465 e. The molecule has 1 fully saturated rings. The first-order valence-corrected chi connectivity index (χ1v) is 7.82. The van der Waals surface area contributed by atoms with Gasteiger partial charge in [-0.05, 0) is 44.9 Å². The number of hydrogen-bond donors (Lipinski definition) is 2. The van der Waals surface area contributed by atoms with Crippen molar-refractivity contribution in [2.45, 2.75) is 44.8 Å². The van der Waals surface area contributed by atoms with Gasteiger partial charge in [-0.2, -0.15) is 0 Å². The molecule has 0 radical (unpaired) electrons. The summed E-state index contributed by atoms with van der Waals surface area (Å²) < 4.78 is 10.2. The molecule has 7 nitrogen and oxygen atoms in total. The Morgan fingerprint density at radius 3 is 2.33 bits per heavy atom. The Morgan fingerprint density at radius 1 is 1.21 bits per heavy atom. The van der Waals surface area contributed by atoms with Crippen molar-refractivity contribution in [3.63, 3.8) is 0 Å². The van der Waals surface area contributed by atoms with E-state index in [0.29, 0.717) is 18.7 Å². The Kier molecular flexibility index (Phi) is 5.33. The molecule has 0 aromatic heterocycles. The second-order valence-electron chi connectivity index (χ2n) is 6.83. The topological polar surface area (TPSA) is 96.3 Å². The molecule has 2 unspecified atom stereocenters. The van der Waals surface area contributed by atoms with Crippen molar-refractivity contribution in [3.05, 3.63) is 29.8 Å². The van der Waals surface area contributed by atoms with Crippen LogP contribution in [0.3, 0.4) is 0 Å². The zero-order valence-corrected chi connectivity index (χ0v) is 14.1. The van der Waals surface area contributed by atoms with Crippen LogP contribution in [-0.4, -0.2) is 52.2 Å². The van der Waals surface area contributed by atoms with Crippen LogP contribution in [0.1, 0.15) is 38.7 Å². The lowest BCUT2D eigenvalue weighted by Gasteiger charge is -2.34. The lowest BCUT2D eigenvalue weighted by atomic mass is 9.87. The Balaban J connectivity index is 1.97. The molecule has 1 aliphatic heterocycles. The van der Waals surface area contributed by atoms with Crippen LogP contribution >= 0.6 is 0 Å². The van der Waals surface area contributed by atoms with Crippen LogP contribution in [0.15, 0.2) is 24.3 Å². The summed E-state index contributed by atoms with van der Waals surface area (Å²) in [6, 6.07) is 6.80. The number of rotatable bonds is 2. The van der Waals surface area contributed by atoms with Gasteiger partial charge in [-0.15, -0.1) is 0 Å². The summed E-state index contributed by atoms with van der Waals surface area (Å²) in [6.45, 7) is 5.73. The number of hydrogen-bond acceptors (Lipinski definition) is 5. The number of nitrogens with zero attached hydrogens (tertiary/aromatic N) is 1. The van der Waals surface area contributed by atoms with Crippen LogP contribution in [-0.2, 0) is 4.74 Å². The van der Waals surface area contributed by atoms with Gasteiger partial charge in [0.15, 0.2) is 0 Å². The third-order valence-electron chi connectivity index (χ3n) is 3.75. The number of β-amino-alcohol motifs (C(OH)–C–C–N with tert-alkyl or cyclic N) is 1. The SMILES string of the molecule is CC(C)(C)OC(=O)Oc1ccc(C2CCN(C(=O)O)CC2O)cc1. The lowest BCUT2D eigenvalue weighted by molar-refractivity contribution is 0.0206. The Hall–Kier alpha value is -2.28. The lowest BCUT2D eigenvalue weighted by Crippen LogP contribution is -2.45. The predicted octanol–water partition coefficient (Wildman–Crippen LogP) is 2.83. The van der Waals surface area contributed by atoms with E-state index in [1.54, 1.807) is 45.0 Å². The van der Waals surface area contributed by atoms with Gasteiger partial charge in [0.1, 0.15) is 11.4 Å². The van der Waals surface area contributed by atoms with E-state index in [2.05, 4.69) is 0 Å². The molecule has 1 aromatic carbocycles. The van der Waals surface area contributed by atoms with E-state index < -0.39 is 24.0 Å². The molecule has 2 rings (SSSR count). The molecular formula is C17H23NO6. The molecule has 0 bridgehead atoms. The maximum absolute atomic E-state index is 11.6. The van der Waals surface area contributed by atoms with Gasteiger partial charge in [0.05, 0.1) is 12.6 Å². The van der Waals surface area contributed by atoms with Gasteiger partial charge in [-0.3, -0.25) is 0 Å². The van der Waals surface area contributed by atoms with Crippen molar-refractivity contribution < 1.29 is 29.3 Å². The van der Waals surface area contributed by atoms with E-state index in [9.17, 15) is 14.7 Å². The molecule has 132 valence electrons. The summed E-state index contributed by atoms with van der Waals surface area (Å²) >= 11 is 0. The number of ether oxygens (including phenoxy) is 2. The van der Waals surface area contributed by atoms with Gasteiger partial charge in [0.25, 0.3) is 0 Å². The number of carbonyl (C=O) groups excluding carboxylic acids is 1. The minimum atomic E-state index is -1.02. The summed E-state index contributed by atoms with van der Waals surface area (Å²) in [5.74, 6) is 0.210. The smallest absolute Gasteiger partial charge is 0.465 e. The highest BCUT2D eigenvalue weighted by Gasteiger charge is 2.31. The fourth-order valence-electron chi connectivity index (χ4n) is 2.64. The van der Waals surface area contributed by atoms with Gasteiger partial charge in [-0.25, -0.2) is 9.59 Å². The van der Waals surface area contributed by atoms with Crippen LogP contribution in [0, 0.1) is 0 Å². The highest BCUT2D eigenvalue weighted by Crippen LogP contribution is 2.29. The van der Waals surface area contributed by atoms with E-state index >= 15 is 0 Å². The number of aliphatic hydroxyl groups is 1. The standard InChI is InChI=1S/C17H23NO6/c1-17(2,3)24-16(22)23-12-6-4-11(5-7-12)13-8-9-18(15(20)21)10-14(13)19/h4-7,13-14,19H,8-10H2,1-3H3,(H,20,21). The molecule has 0 spiro atoms. The van der Waals surface area contributed by atoms with Crippen LogP contribution in [0.5, 0.6) is 5.75 Å².